The molecule has 4 aliphatic rings. The number of aromatic nitrogens is 2. The number of nitrogens with one attached hydrogen (secondary N) is 1. The molecule has 12 nitrogen and oxygen atoms in total. The number of rotatable bonds is 7. The van der Waals surface area contributed by atoms with Gasteiger partial charge in [-0.25, -0.2) is 9.97 Å². The van der Waals surface area contributed by atoms with E-state index >= 15 is 4.79 Å². The number of phenolic OH excluding ortho intramolecular Hbond substituents is 1. The molecule has 2 aliphatic heterocycles. The number of nitrogens with zero attached hydrogens (tertiary/aromatic N) is 4. The third kappa shape index (κ3) is 6.19. The first-order valence-corrected chi connectivity index (χ1v) is 20.5. The summed E-state index contributed by atoms with van der Waals surface area (Å²) in [5, 5.41) is 12.3. The standard InChI is InChI=1S/C46H32Cl2F3N5O7/c1-62-27-14-15-29(35(57)19-27)38-28-16-17-30-37(43(60)55(41(30)58)26-12-6-22(7-13-26)40-53-34-4-2-3-5-36(34)63-40)31(28)20-32-42(59)56(44(61)45(32,38)23-8-10-25(47)11-9-23)54-39-33(48)18-24(21-52-39)46(49,50)51/h2-16,18-19,21,30-32,37-38,57H,17,20H2,1H3,(H,52,54)/t30-,31+,32-,37-,38+,45+/m0/s1. The third-order valence-corrected chi connectivity index (χ3v) is 13.3. The van der Waals surface area contributed by atoms with Crippen LogP contribution in [-0.2, 0) is 30.8 Å². The van der Waals surface area contributed by atoms with E-state index in [4.69, 9.17) is 32.4 Å². The maximum Gasteiger partial charge on any atom is 0.417 e. The van der Waals surface area contributed by atoms with Gasteiger partial charge < -0.3 is 14.3 Å². The molecule has 4 heterocycles. The minimum absolute atomic E-state index is 0.0997. The largest absolute Gasteiger partial charge is 0.508 e. The number of phenols is 1. The second kappa shape index (κ2) is 14.7. The first kappa shape index (κ1) is 40.4. The van der Waals surface area contributed by atoms with Crippen LogP contribution in [0.4, 0.5) is 24.7 Å². The van der Waals surface area contributed by atoms with E-state index in [1.807, 2.05) is 24.3 Å². The monoisotopic (exact) mass is 893 g/mol. The minimum atomic E-state index is -4.78. The SMILES string of the molecule is COc1ccc([C@H]2C3=CC[C@@H]4C(=O)N(c5ccc(-c6nc7ccccc7o6)cc5)C(=O)[C@@H]4[C@@H]3C[C@H]3C(=O)N(Nc4ncc(C(F)(F)F)cc4Cl)C(=O)[C@@]23c2ccc(Cl)cc2)c(O)c1. The van der Waals surface area contributed by atoms with Crippen LogP contribution >= 0.6 is 23.2 Å². The number of methoxy groups -OCH3 is 1. The number of amides is 4. The third-order valence-electron chi connectivity index (χ3n) is 12.8. The summed E-state index contributed by atoms with van der Waals surface area (Å²) in [6, 6.07) is 25.5. The fraction of sp³-hybridized carbons (Fsp3) is 0.217. The van der Waals surface area contributed by atoms with Crippen LogP contribution in [0, 0.1) is 23.7 Å². The van der Waals surface area contributed by atoms with Crippen LogP contribution in [0.2, 0.25) is 10.0 Å². The van der Waals surface area contributed by atoms with Gasteiger partial charge in [0.25, 0.3) is 11.8 Å². The topological polar surface area (TPSA) is 155 Å². The number of hydrazine groups is 1. The summed E-state index contributed by atoms with van der Waals surface area (Å²) >= 11 is 12.7. The van der Waals surface area contributed by atoms with Gasteiger partial charge >= 0.3 is 6.18 Å². The molecule has 0 spiro atoms. The zero-order valence-electron chi connectivity index (χ0n) is 32.8. The Hall–Kier alpha value is -6.71. The highest BCUT2D eigenvalue weighted by atomic mass is 35.5. The summed E-state index contributed by atoms with van der Waals surface area (Å²) in [7, 11) is 1.42. The quantitative estimate of drug-likeness (QED) is 0.117. The number of benzene rings is 4. The molecule has 1 saturated carbocycles. The molecule has 6 atom stereocenters. The number of carbonyl (C=O) groups is 4. The van der Waals surface area contributed by atoms with Crippen molar-refractivity contribution in [3.8, 4) is 23.0 Å². The van der Waals surface area contributed by atoms with Crippen LogP contribution in [0.25, 0.3) is 22.6 Å². The molecule has 318 valence electrons. The number of pyridine rings is 1. The van der Waals surface area contributed by atoms with Crippen molar-refractivity contribution in [2.75, 3.05) is 17.4 Å². The number of hydrogen-bond donors (Lipinski definition) is 2. The zero-order chi connectivity index (χ0) is 44.1. The molecule has 0 bridgehead atoms. The number of ether oxygens (including phenoxy) is 1. The molecule has 2 saturated heterocycles. The summed E-state index contributed by atoms with van der Waals surface area (Å²) in [4.78, 5) is 69.1. The number of hydrogen-bond acceptors (Lipinski definition) is 10. The first-order chi connectivity index (χ1) is 30.2. The highest BCUT2D eigenvalue weighted by Crippen LogP contribution is 2.65. The second-order valence-electron chi connectivity index (χ2n) is 15.9. The van der Waals surface area contributed by atoms with E-state index in [9.17, 15) is 32.7 Å². The molecule has 6 aromatic rings. The Bertz CT molecular complexity index is 2910. The summed E-state index contributed by atoms with van der Waals surface area (Å²) in [6.45, 7) is 0. The van der Waals surface area contributed by atoms with Crippen molar-refractivity contribution in [2.24, 2.45) is 23.7 Å². The van der Waals surface area contributed by atoms with E-state index in [2.05, 4.69) is 15.4 Å². The normalized spacial score (nSPS) is 24.3. The lowest BCUT2D eigenvalue weighted by molar-refractivity contribution is -0.139. The smallest absolute Gasteiger partial charge is 0.417 e. The molecule has 17 heteroatoms. The molecule has 2 aliphatic carbocycles. The van der Waals surface area contributed by atoms with E-state index in [1.54, 1.807) is 66.7 Å². The number of anilines is 2. The van der Waals surface area contributed by atoms with Gasteiger partial charge in [0, 0.05) is 34.3 Å². The van der Waals surface area contributed by atoms with Crippen molar-refractivity contribution < 1.29 is 46.6 Å². The number of alkyl halides is 3. The minimum Gasteiger partial charge on any atom is -0.508 e. The van der Waals surface area contributed by atoms with E-state index in [1.165, 1.54) is 13.2 Å². The number of aromatic hydroxyl groups is 1. The summed E-state index contributed by atoms with van der Waals surface area (Å²) in [5.74, 6) is -7.58. The van der Waals surface area contributed by atoms with Crippen molar-refractivity contribution >= 4 is 69.4 Å². The predicted octanol–water partition coefficient (Wildman–Crippen LogP) is 9.12. The lowest BCUT2D eigenvalue weighted by atomic mass is 9.49. The van der Waals surface area contributed by atoms with E-state index in [0.717, 1.165) is 4.90 Å². The van der Waals surface area contributed by atoms with Crippen LogP contribution in [0.1, 0.15) is 35.4 Å². The summed E-state index contributed by atoms with van der Waals surface area (Å²) < 4.78 is 52.0. The van der Waals surface area contributed by atoms with Gasteiger partial charge in [-0.1, -0.05) is 65.2 Å². The number of fused-ring (bicyclic) bond motifs is 5. The van der Waals surface area contributed by atoms with Gasteiger partial charge in [0.1, 0.15) is 17.0 Å². The molecule has 10 rings (SSSR count). The Labute approximate surface area is 365 Å². The van der Waals surface area contributed by atoms with Gasteiger partial charge in [-0.05, 0) is 85.0 Å². The fourth-order valence-electron chi connectivity index (χ4n) is 10.0. The van der Waals surface area contributed by atoms with Crippen LogP contribution < -0.4 is 15.1 Å². The molecular formula is C46H32Cl2F3N5O7. The molecule has 4 aromatic carbocycles. The van der Waals surface area contributed by atoms with Gasteiger partial charge in [0.2, 0.25) is 17.7 Å². The van der Waals surface area contributed by atoms with Gasteiger partial charge in [0.15, 0.2) is 11.4 Å². The Kier molecular flexibility index (Phi) is 9.42. The Morgan fingerprint density at radius 1 is 0.905 bits per heavy atom. The van der Waals surface area contributed by atoms with Crippen molar-refractivity contribution in [3.05, 3.63) is 142 Å². The van der Waals surface area contributed by atoms with E-state index in [0.29, 0.717) is 67.4 Å². The molecular weight excluding hydrogens is 862 g/mol. The molecule has 3 fully saturated rings. The van der Waals surface area contributed by atoms with Gasteiger partial charge in [-0.2, -0.15) is 18.2 Å². The van der Waals surface area contributed by atoms with Gasteiger partial charge in [-0.15, -0.1) is 0 Å². The molecule has 0 radical (unpaired) electrons. The maximum atomic E-state index is 15.4. The number of imide groups is 2. The summed E-state index contributed by atoms with van der Waals surface area (Å²) in [5.41, 5.74) is 2.93. The lowest BCUT2D eigenvalue weighted by Crippen LogP contribution is -2.53. The molecule has 2 aromatic heterocycles. The molecule has 0 unspecified atom stereocenters. The molecule has 2 N–H and O–H groups in total. The van der Waals surface area contributed by atoms with Crippen LogP contribution in [0.15, 0.2) is 119 Å². The number of oxazole rings is 1. The second-order valence-corrected chi connectivity index (χ2v) is 16.7. The average molecular weight is 895 g/mol. The van der Waals surface area contributed by atoms with Crippen molar-refractivity contribution in [1.82, 2.24) is 15.0 Å². The van der Waals surface area contributed by atoms with Crippen LogP contribution in [0.3, 0.4) is 0 Å². The number of allylic oxidation sites excluding steroid dienone is 2. The predicted molar refractivity (Wildman–Crippen MR) is 223 cm³/mol. The fourth-order valence-corrected chi connectivity index (χ4v) is 10.4. The average Bonchev–Trinajstić information content (AvgIpc) is 3.88. The van der Waals surface area contributed by atoms with Crippen LogP contribution in [-0.4, -0.2) is 50.8 Å². The first-order valence-electron chi connectivity index (χ1n) is 19.7. The van der Waals surface area contributed by atoms with Crippen molar-refractivity contribution in [3.63, 3.8) is 0 Å². The van der Waals surface area contributed by atoms with Crippen molar-refractivity contribution in [1.29, 1.82) is 0 Å². The number of carbonyl (C=O) groups excluding carboxylic acids is 4. The highest BCUT2D eigenvalue weighted by Gasteiger charge is 2.70. The highest BCUT2D eigenvalue weighted by molar-refractivity contribution is 6.33. The van der Waals surface area contributed by atoms with Crippen molar-refractivity contribution in [2.45, 2.75) is 30.4 Å². The number of halogens is 5. The van der Waals surface area contributed by atoms with Gasteiger partial charge in [0.05, 0.1) is 46.6 Å². The lowest BCUT2D eigenvalue weighted by Gasteiger charge is -2.50. The maximum absolute atomic E-state index is 15.4. The molecule has 4 amide bonds. The zero-order valence-corrected chi connectivity index (χ0v) is 34.3. The Morgan fingerprint density at radius 2 is 1.65 bits per heavy atom. The Balaban J connectivity index is 1.08. The summed E-state index contributed by atoms with van der Waals surface area (Å²) in [6.07, 6.45) is -2.44. The number of para-hydroxylation sites is 2. The molecule has 63 heavy (non-hydrogen) atoms. The van der Waals surface area contributed by atoms with E-state index in [-0.39, 0.29) is 24.2 Å². The van der Waals surface area contributed by atoms with E-state index < -0.39 is 81.2 Å². The van der Waals surface area contributed by atoms with Gasteiger partial charge in [-0.3, -0.25) is 29.5 Å². The van der Waals surface area contributed by atoms with Crippen LogP contribution in [0.5, 0.6) is 11.5 Å². The Morgan fingerprint density at radius 3 is 2.33 bits per heavy atom.